The van der Waals surface area contributed by atoms with Crippen LogP contribution in [0.5, 0.6) is 0 Å². The number of hydrogen-bond donors (Lipinski definition) is 0. The molecule has 0 bridgehead atoms. The van der Waals surface area contributed by atoms with E-state index in [1.165, 1.54) is 22.3 Å². The van der Waals surface area contributed by atoms with Gasteiger partial charge in [0.15, 0.2) is 0 Å². The summed E-state index contributed by atoms with van der Waals surface area (Å²) >= 11 is 0. The van der Waals surface area contributed by atoms with E-state index >= 15 is 0 Å². The minimum Gasteiger partial charge on any atom is -0.358 e. The molecule has 0 aliphatic heterocycles. The fraction of sp³-hybridized carbons (Fsp3) is 0.500. The Labute approximate surface area is 160 Å². The van der Waals surface area contributed by atoms with Gasteiger partial charge >= 0.3 is 26.2 Å². The number of rotatable bonds is 2. The summed E-state index contributed by atoms with van der Waals surface area (Å²) in [4.78, 5) is 0. The molecule has 2 heteroatoms. The van der Waals surface area contributed by atoms with Crippen LogP contribution < -0.4 is 0 Å². The van der Waals surface area contributed by atoms with E-state index in [9.17, 15) is 0 Å². The minimum atomic E-state index is -1.58. The van der Waals surface area contributed by atoms with Crippen LogP contribution in [0.4, 0.5) is 0 Å². The van der Waals surface area contributed by atoms with Gasteiger partial charge in [0.25, 0.3) is 0 Å². The molecule has 0 saturated carbocycles. The average molecular weight is 392 g/mol. The quantitative estimate of drug-likeness (QED) is 0.394. The van der Waals surface area contributed by atoms with Gasteiger partial charge < -0.3 is 14.9 Å². The van der Waals surface area contributed by atoms with E-state index in [2.05, 4.69) is 66.8 Å². The van der Waals surface area contributed by atoms with Crippen LogP contribution in [0, 0.1) is 38.8 Å². The molecule has 22 heavy (non-hydrogen) atoms. The molecule has 0 spiro atoms. The first-order valence-electron chi connectivity index (χ1n) is 7.31. The molecule has 2 aliphatic rings. The second-order valence-corrected chi connectivity index (χ2v) is 11.0. The fourth-order valence-corrected chi connectivity index (χ4v) is 9.08. The largest absolute Gasteiger partial charge is 4.00 e. The summed E-state index contributed by atoms with van der Waals surface area (Å²) in [6, 6.07) is 0. The Morgan fingerprint density at radius 3 is 1.18 bits per heavy atom. The van der Waals surface area contributed by atoms with Crippen molar-refractivity contribution >= 4 is 8.07 Å². The molecular formula is C20H32SiZr. The van der Waals surface area contributed by atoms with E-state index in [0.29, 0.717) is 11.8 Å². The van der Waals surface area contributed by atoms with Crippen molar-refractivity contribution in [2.24, 2.45) is 11.8 Å². The third-order valence-electron chi connectivity index (χ3n) is 5.01. The maximum Gasteiger partial charge on any atom is 4.00 e. The van der Waals surface area contributed by atoms with Gasteiger partial charge in [-0.1, -0.05) is 52.6 Å². The van der Waals surface area contributed by atoms with E-state index in [1.54, 1.807) is 10.4 Å². The topological polar surface area (TPSA) is 0 Å². The Morgan fingerprint density at radius 1 is 0.727 bits per heavy atom. The first kappa shape index (κ1) is 24.3. The Kier molecular flexibility index (Phi) is 9.11. The Hall–Kier alpha value is 0.0600. The standard InChI is InChI=1S/C18H26Si.2CH3.Zr/c1-11-9-13(3)17(15(11)5)19(7,8)18-14(4)10-12(2)16(18)6;;;/h13-14H,1-8H3;2*1H3;/q-2;2*-1;+4. The van der Waals surface area contributed by atoms with E-state index < -0.39 is 8.07 Å². The van der Waals surface area contributed by atoms with Crippen LogP contribution in [0.2, 0.25) is 13.1 Å². The van der Waals surface area contributed by atoms with Crippen LogP contribution in [0.25, 0.3) is 0 Å². The summed E-state index contributed by atoms with van der Waals surface area (Å²) in [5.41, 5.74) is 5.73. The van der Waals surface area contributed by atoms with Gasteiger partial charge in [-0.05, 0) is 0 Å². The molecular weight excluding hydrogens is 360 g/mol. The first-order chi connectivity index (χ1) is 8.67. The number of allylic oxidation sites excluding steroid dienone is 8. The van der Waals surface area contributed by atoms with Crippen molar-refractivity contribution in [3.63, 3.8) is 0 Å². The predicted molar refractivity (Wildman–Crippen MR) is 98.9 cm³/mol. The van der Waals surface area contributed by atoms with Gasteiger partial charge in [-0.15, -0.1) is 13.8 Å². The SMILES string of the molecule is CC1=[C-]C(C)C([Si](C)(C)C2=C(C)C(C)=[C-]C2C)=C1C.[CH3-].[CH3-].[Zr+4]. The zero-order valence-corrected chi connectivity index (χ0v) is 19.6. The van der Waals surface area contributed by atoms with Crippen molar-refractivity contribution < 1.29 is 26.2 Å². The maximum absolute atomic E-state index is 3.61. The molecule has 0 heterocycles. The summed E-state index contributed by atoms with van der Waals surface area (Å²) in [6.45, 7) is 18.6. The van der Waals surface area contributed by atoms with Crippen molar-refractivity contribution in [2.45, 2.75) is 54.6 Å². The van der Waals surface area contributed by atoms with Crippen molar-refractivity contribution in [3.8, 4) is 0 Å². The third kappa shape index (κ3) is 3.75. The smallest absolute Gasteiger partial charge is 0.358 e. The van der Waals surface area contributed by atoms with Gasteiger partial charge in [-0.2, -0.15) is 10.4 Å². The monoisotopic (exact) mass is 390 g/mol. The summed E-state index contributed by atoms with van der Waals surface area (Å²) in [7, 11) is -1.58. The van der Waals surface area contributed by atoms with E-state index in [0.717, 1.165) is 0 Å². The summed E-state index contributed by atoms with van der Waals surface area (Å²) < 4.78 is 0. The molecule has 0 aromatic carbocycles. The number of hydrogen-bond acceptors (Lipinski definition) is 0. The molecule has 2 aliphatic carbocycles. The van der Waals surface area contributed by atoms with Crippen molar-refractivity contribution in [3.05, 3.63) is 59.7 Å². The first-order valence-corrected chi connectivity index (χ1v) is 10.3. The summed E-state index contributed by atoms with van der Waals surface area (Å²) in [6.07, 6.45) is 7.23. The average Bonchev–Trinajstić information content (AvgIpc) is 2.66. The normalized spacial score (nSPS) is 24.4. The summed E-state index contributed by atoms with van der Waals surface area (Å²) in [5, 5.41) is 3.37. The Morgan fingerprint density at radius 2 is 1.00 bits per heavy atom. The Bertz CT molecular complexity index is 496. The van der Waals surface area contributed by atoms with Crippen LogP contribution >= 0.6 is 0 Å². The van der Waals surface area contributed by atoms with Gasteiger partial charge in [0.1, 0.15) is 0 Å². The summed E-state index contributed by atoms with van der Waals surface area (Å²) in [5.74, 6) is 0.991. The molecule has 0 amide bonds. The van der Waals surface area contributed by atoms with Crippen molar-refractivity contribution in [2.75, 3.05) is 0 Å². The second kappa shape index (κ2) is 8.25. The van der Waals surface area contributed by atoms with Crippen LogP contribution in [-0.4, -0.2) is 8.07 Å². The fourth-order valence-electron chi connectivity index (χ4n) is 4.23. The minimum absolute atomic E-state index is 0. The van der Waals surface area contributed by atoms with Crippen LogP contribution in [0.1, 0.15) is 41.5 Å². The zero-order valence-electron chi connectivity index (χ0n) is 16.2. The Balaban J connectivity index is 0. The molecule has 0 fully saturated rings. The van der Waals surface area contributed by atoms with Crippen LogP contribution in [0.3, 0.4) is 0 Å². The zero-order chi connectivity index (χ0) is 14.5. The third-order valence-corrected chi connectivity index (χ3v) is 9.32. The molecule has 120 valence electrons. The second-order valence-electron chi connectivity index (χ2n) is 6.68. The molecule has 0 N–H and O–H groups in total. The molecule has 2 atom stereocenters. The molecule has 2 rings (SSSR count). The predicted octanol–water partition coefficient (Wildman–Crippen LogP) is 6.10. The molecule has 2 unspecified atom stereocenters. The van der Waals surface area contributed by atoms with Crippen molar-refractivity contribution in [1.29, 1.82) is 0 Å². The van der Waals surface area contributed by atoms with Gasteiger partial charge in [0.05, 0.1) is 8.07 Å². The maximum atomic E-state index is 3.61. The van der Waals surface area contributed by atoms with Crippen LogP contribution in [0.15, 0.2) is 32.7 Å². The van der Waals surface area contributed by atoms with E-state index in [1.807, 2.05) is 0 Å². The molecule has 0 aromatic rings. The molecule has 0 radical (unpaired) electrons. The van der Waals surface area contributed by atoms with Gasteiger partial charge in [0.2, 0.25) is 0 Å². The van der Waals surface area contributed by atoms with Gasteiger partial charge in [0, 0.05) is 0 Å². The van der Waals surface area contributed by atoms with Crippen LogP contribution in [-0.2, 0) is 26.2 Å². The van der Waals surface area contributed by atoms with Gasteiger partial charge in [-0.3, -0.25) is 12.2 Å². The van der Waals surface area contributed by atoms with Crippen molar-refractivity contribution in [1.82, 2.24) is 0 Å². The molecule has 0 aromatic heterocycles. The van der Waals surface area contributed by atoms with E-state index in [4.69, 9.17) is 0 Å². The van der Waals surface area contributed by atoms with Gasteiger partial charge in [-0.25, -0.2) is 22.3 Å². The molecule has 0 nitrogen and oxygen atoms in total. The van der Waals surface area contributed by atoms with E-state index in [-0.39, 0.29) is 41.1 Å². The molecule has 0 saturated heterocycles.